The zero-order valence-electron chi connectivity index (χ0n) is 12.0. The van der Waals surface area contributed by atoms with Gasteiger partial charge in [0.05, 0.1) is 0 Å². The highest BCUT2D eigenvalue weighted by atomic mass is 79.9. The van der Waals surface area contributed by atoms with Gasteiger partial charge in [-0.05, 0) is 49.6 Å². The van der Waals surface area contributed by atoms with Crippen LogP contribution in [-0.4, -0.2) is 0 Å². The zero-order chi connectivity index (χ0) is 14.7. The zero-order valence-corrected chi connectivity index (χ0v) is 15.1. The molecule has 0 saturated heterocycles. The van der Waals surface area contributed by atoms with Crippen LogP contribution in [0.25, 0.3) is 0 Å². The third-order valence-electron chi connectivity index (χ3n) is 3.34. The van der Waals surface area contributed by atoms with E-state index >= 15 is 0 Å². The number of alkyl halides is 1. The molecule has 0 N–H and O–H groups in total. The van der Waals surface area contributed by atoms with Gasteiger partial charge in [0.2, 0.25) is 0 Å². The van der Waals surface area contributed by atoms with Gasteiger partial charge in [0.25, 0.3) is 0 Å². The Morgan fingerprint density at radius 3 is 2.40 bits per heavy atom. The van der Waals surface area contributed by atoms with Crippen LogP contribution in [0.3, 0.4) is 0 Å². The Morgan fingerprint density at radius 2 is 1.70 bits per heavy atom. The first-order valence-corrected chi connectivity index (χ1v) is 8.46. The summed E-state index contributed by atoms with van der Waals surface area (Å²) in [6.07, 6.45) is 0. The minimum Gasteiger partial charge on any atom is -0.488 e. The van der Waals surface area contributed by atoms with Crippen molar-refractivity contribution in [2.24, 2.45) is 0 Å². The van der Waals surface area contributed by atoms with Crippen molar-refractivity contribution >= 4 is 31.9 Å². The van der Waals surface area contributed by atoms with Crippen molar-refractivity contribution in [2.75, 3.05) is 0 Å². The summed E-state index contributed by atoms with van der Waals surface area (Å²) in [5, 5.41) is 0.787. The Kier molecular flexibility index (Phi) is 5.28. The summed E-state index contributed by atoms with van der Waals surface area (Å²) >= 11 is 7.06. The summed E-state index contributed by atoms with van der Waals surface area (Å²) in [6, 6.07) is 10.7. The molecule has 0 aliphatic heterocycles. The molecular formula is C17H18Br2O. The fourth-order valence-electron chi connectivity index (χ4n) is 2.21. The second-order valence-electron chi connectivity index (χ2n) is 5.06. The lowest BCUT2D eigenvalue weighted by Gasteiger charge is -2.15. The molecule has 0 heterocycles. The van der Waals surface area contributed by atoms with E-state index in [9.17, 15) is 0 Å². The predicted octanol–water partition coefficient (Wildman–Crippen LogP) is 5.85. The maximum absolute atomic E-state index is 6.08. The molecular weight excluding hydrogens is 380 g/mol. The molecule has 20 heavy (non-hydrogen) atoms. The molecule has 0 atom stereocenters. The standard InChI is InChI=1S/C17H18Br2O/c1-11-4-5-12(2)15(6-11)10-20-17-13(3)7-16(19)8-14(17)9-18/h4-8H,9-10H2,1-3H3. The quantitative estimate of drug-likeness (QED) is 0.588. The Bertz CT molecular complexity index is 621. The van der Waals surface area contributed by atoms with E-state index in [1.165, 1.54) is 22.3 Å². The van der Waals surface area contributed by atoms with Crippen LogP contribution >= 0.6 is 31.9 Å². The molecule has 1 nitrogen and oxygen atoms in total. The molecule has 0 unspecified atom stereocenters. The molecule has 106 valence electrons. The first-order valence-electron chi connectivity index (χ1n) is 6.55. The van der Waals surface area contributed by atoms with Crippen LogP contribution in [0.5, 0.6) is 5.75 Å². The highest BCUT2D eigenvalue weighted by molar-refractivity contribution is 9.10. The second-order valence-corrected chi connectivity index (χ2v) is 6.54. The summed E-state index contributed by atoms with van der Waals surface area (Å²) in [7, 11) is 0. The number of aryl methyl sites for hydroxylation is 3. The molecule has 2 rings (SSSR count). The summed E-state index contributed by atoms with van der Waals surface area (Å²) in [6.45, 7) is 6.92. The summed E-state index contributed by atoms with van der Waals surface area (Å²) in [5.41, 5.74) is 6.10. The normalized spacial score (nSPS) is 10.7. The molecule has 0 amide bonds. The van der Waals surface area contributed by atoms with Gasteiger partial charge < -0.3 is 4.74 Å². The van der Waals surface area contributed by atoms with Gasteiger partial charge >= 0.3 is 0 Å². The van der Waals surface area contributed by atoms with Gasteiger partial charge in [-0.2, -0.15) is 0 Å². The molecule has 0 spiro atoms. The molecule has 3 heteroatoms. The minimum absolute atomic E-state index is 0.607. The smallest absolute Gasteiger partial charge is 0.126 e. The number of hydrogen-bond donors (Lipinski definition) is 0. The minimum atomic E-state index is 0.607. The number of benzene rings is 2. The van der Waals surface area contributed by atoms with Crippen LogP contribution in [0, 0.1) is 20.8 Å². The number of ether oxygens (including phenoxy) is 1. The first kappa shape index (κ1) is 15.6. The first-order chi connectivity index (χ1) is 9.51. The highest BCUT2D eigenvalue weighted by Gasteiger charge is 2.09. The Hall–Kier alpha value is -0.800. The largest absolute Gasteiger partial charge is 0.488 e. The van der Waals surface area contributed by atoms with Crippen molar-refractivity contribution in [3.8, 4) is 5.75 Å². The molecule has 0 aliphatic carbocycles. The number of hydrogen-bond acceptors (Lipinski definition) is 1. The summed E-state index contributed by atoms with van der Waals surface area (Å²) < 4.78 is 7.17. The molecule has 0 aromatic heterocycles. The fourth-order valence-corrected chi connectivity index (χ4v) is 3.25. The van der Waals surface area contributed by atoms with Crippen molar-refractivity contribution < 1.29 is 4.74 Å². The monoisotopic (exact) mass is 396 g/mol. The summed E-state index contributed by atoms with van der Waals surface area (Å²) in [4.78, 5) is 0. The second kappa shape index (κ2) is 6.77. The van der Waals surface area contributed by atoms with Crippen LogP contribution in [-0.2, 0) is 11.9 Å². The van der Waals surface area contributed by atoms with E-state index in [0.29, 0.717) is 6.61 Å². The average Bonchev–Trinajstić information content (AvgIpc) is 2.40. The van der Waals surface area contributed by atoms with E-state index in [1.54, 1.807) is 0 Å². The molecule has 2 aromatic carbocycles. The van der Waals surface area contributed by atoms with Gasteiger partial charge in [0.15, 0.2) is 0 Å². The number of halogens is 2. The van der Waals surface area contributed by atoms with Crippen LogP contribution in [0.15, 0.2) is 34.8 Å². The SMILES string of the molecule is Cc1ccc(C)c(COc2c(C)cc(Br)cc2CBr)c1. The van der Waals surface area contributed by atoms with Crippen molar-refractivity contribution in [3.63, 3.8) is 0 Å². The van der Waals surface area contributed by atoms with E-state index in [4.69, 9.17) is 4.74 Å². The highest BCUT2D eigenvalue weighted by Crippen LogP contribution is 2.30. The Balaban J connectivity index is 2.25. The third kappa shape index (κ3) is 3.64. The lowest BCUT2D eigenvalue weighted by Crippen LogP contribution is -2.02. The predicted molar refractivity (Wildman–Crippen MR) is 91.8 cm³/mol. The molecule has 0 fully saturated rings. The van der Waals surface area contributed by atoms with Crippen LogP contribution < -0.4 is 4.74 Å². The maximum Gasteiger partial charge on any atom is 0.126 e. The van der Waals surface area contributed by atoms with E-state index in [-0.39, 0.29) is 0 Å². The van der Waals surface area contributed by atoms with Crippen molar-refractivity contribution in [2.45, 2.75) is 32.7 Å². The van der Waals surface area contributed by atoms with Gasteiger partial charge in [-0.15, -0.1) is 0 Å². The maximum atomic E-state index is 6.08. The van der Waals surface area contributed by atoms with E-state index < -0.39 is 0 Å². The molecule has 2 aromatic rings. The molecule has 0 saturated carbocycles. The van der Waals surface area contributed by atoms with Gasteiger partial charge in [0, 0.05) is 15.4 Å². The third-order valence-corrected chi connectivity index (χ3v) is 4.40. The van der Waals surface area contributed by atoms with Gasteiger partial charge in [-0.25, -0.2) is 0 Å². The topological polar surface area (TPSA) is 9.23 Å². The molecule has 0 bridgehead atoms. The van der Waals surface area contributed by atoms with E-state index in [2.05, 4.69) is 83.0 Å². The van der Waals surface area contributed by atoms with Crippen LogP contribution in [0.4, 0.5) is 0 Å². The van der Waals surface area contributed by atoms with Crippen molar-refractivity contribution in [3.05, 3.63) is 62.6 Å². The van der Waals surface area contributed by atoms with Gasteiger partial charge in [-0.3, -0.25) is 0 Å². The van der Waals surface area contributed by atoms with Gasteiger partial charge in [0.1, 0.15) is 12.4 Å². The number of rotatable bonds is 4. The average molecular weight is 398 g/mol. The van der Waals surface area contributed by atoms with Gasteiger partial charge in [-0.1, -0.05) is 55.6 Å². The van der Waals surface area contributed by atoms with E-state index in [1.807, 2.05) is 0 Å². The molecule has 0 aliphatic rings. The van der Waals surface area contributed by atoms with E-state index in [0.717, 1.165) is 21.1 Å². The van der Waals surface area contributed by atoms with Crippen LogP contribution in [0.2, 0.25) is 0 Å². The van der Waals surface area contributed by atoms with Crippen LogP contribution in [0.1, 0.15) is 27.8 Å². The Labute approximate surface area is 137 Å². The lowest BCUT2D eigenvalue weighted by atomic mass is 10.1. The van der Waals surface area contributed by atoms with Crippen molar-refractivity contribution in [1.29, 1.82) is 0 Å². The summed E-state index contributed by atoms with van der Waals surface area (Å²) in [5.74, 6) is 0.978. The lowest BCUT2D eigenvalue weighted by molar-refractivity contribution is 0.301. The molecule has 0 radical (unpaired) electrons. The Morgan fingerprint density at radius 1 is 0.950 bits per heavy atom. The fraction of sp³-hybridized carbons (Fsp3) is 0.294. The van der Waals surface area contributed by atoms with Crippen molar-refractivity contribution in [1.82, 2.24) is 0 Å².